The Hall–Kier alpha value is -3.19. The van der Waals surface area contributed by atoms with Gasteiger partial charge in [0.05, 0.1) is 22.5 Å². The van der Waals surface area contributed by atoms with Crippen LogP contribution in [-0.4, -0.2) is 26.4 Å². The Labute approximate surface area is 164 Å². The Kier molecular flexibility index (Phi) is 5.46. The number of pyridine rings is 1. The van der Waals surface area contributed by atoms with Gasteiger partial charge in [-0.15, -0.1) is 0 Å². The Morgan fingerprint density at radius 2 is 1.61 bits per heavy atom. The Bertz CT molecular complexity index is 1090. The fraction of sp³-hybridized carbons (Fsp3) is 0.143. The van der Waals surface area contributed by atoms with Crippen molar-refractivity contribution in [3.8, 4) is 0 Å². The van der Waals surface area contributed by atoms with E-state index in [0.29, 0.717) is 16.9 Å². The zero-order valence-electron chi connectivity index (χ0n) is 15.9. The van der Waals surface area contributed by atoms with Crippen LogP contribution in [0.15, 0.2) is 71.9 Å². The van der Waals surface area contributed by atoms with Crippen LogP contribution in [0.25, 0.3) is 0 Å². The normalized spacial score (nSPS) is 11.1. The van der Waals surface area contributed by atoms with Crippen molar-refractivity contribution in [2.45, 2.75) is 18.7 Å². The van der Waals surface area contributed by atoms with Crippen LogP contribution in [0, 0.1) is 13.8 Å². The molecule has 1 aromatic heterocycles. The number of hydrogen-bond donors (Lipinski definition) is 1. The summed E-state index contributed by atoms with van der Waals surface area (Å²) in [5.41, 5.74) is 3.42. The Balaban J connectivity index is 1.79. The molecular formula is C21H21N3O3S. The maximum absolute atomic E-state index is 12.8. The average molecular weight is 395 g/mol. The smallest absolute Gasteiger partial charge is 0.264 e. The van der Waals surface area contributed by atoms with Gasteiger partial charge in [0.1, 0.15) is 0 Å². The SMILES string of the molecule is Cc1ccc(S(=O)(=O)N(C)c2ccc(C(=O)Nc3cnccc3C)cc2)cc1. The molecule has 144 valence electrons. The second-order valence-electron chi connectivity index (χ2n) is 6.48. The zero-order chi connectivity index (χ0) is 20.3. The summed E-state index contributed by atoms with van der Waals surface area (Å²) >= 11 is 0. The lowest BCUT2D eigenvalue weighted by molar-refractivity contribution is 0.102. The molecule has 0 aliphatic rings. The van der Waals surface area contributed by atoms with Crippen molar-refractivity contribution in [2.24, 2.45) is 0 Å². The number of nitrogens with zero attached hydrogens (tertiary/aromatic N) is 2. The van der Waals surface area contributed by atoms with Crippen molar-refractivity contribution < 1.29 is 13.2 Å². The van der Waals surface area contributed by atoms with Crippen molar-refractivity contribution in [2.75, 3.05) is 16.7 Å². The van der Waals surface area contributed by atoms with E-state index in [2.05, 4.69) is 10.3 Å². The van der Waals surface area contributed by atoms with Crippen LogP contribution in [0.4, 0.5) is 11.4 Å². The molecule has 3 rings (SSSR count). The largest absolute Gasteiger partial charge is 0.320 e. The van der Waals surface area contributed by atoms with Gasteiger partial charge >= 0.3 is 0 Å². The van der Waals surface area contributed by atoms with Gasteiger partial charge in [-0.05, 0) is 61.9 Å². The van der Waals surface area contributed by atoms with Gasteiger partial charge < -0.3 is 5.32 Å². The first kappa shape index (κ1) is 19.6. The molecule has 28 heavy (non-hydrogen) atoms. The number of aromatic nitrogens is 1. The third-order valence-corrected chi connectivity index (χ3v) is 6.26. The second kappa shape index (κ2) is 7.82. The molecule has 0 saturated heterocycles. The van der Waals surface area contributed by atoms with Gasteiger partial charge in [-0.1, -0.05) is 17.7 Å². The van der Waals surface area contributed by atoms with Crippen molar-refractivity contribution in [3.05, 3.63) is 83.7 Å². The minimum Gasteiger partial charge on any atom is -0.320 e. The van der Waals surface area contributed by atoms with E-state index in [1.807, 2.05) is 19.9 Å². The summed E-state index contributed by atoms with van der Waals surface area (Å²) in [5, 5.41) is 2.80. The van der Waals surface area contributed by atoms with Gasteiger partial charge in [0.15, 0.2) is 0 Å². The number of sulfonamides is 1. The lowest BCUT2D eigenvalue weighted by atomic mass is 10.2. The van der Waals surface area contributed by atoms with Gasteiger partial charge in [0, 0.05) is 18.8 Å². The van der Waals surface area contributed by atoms with E-state index in [9.17, 15) is 13.2 Å². The number of anilines is 2. The van der Waals surface area contributed by atoms with E-state index in [1.54, 1.807) is 60.9 Å². The summed E-state index contributed by atoms with van der Waals surface area (Å²) in [6.07, 6.45) is 3.24. The van der Waals surface area contributed by atoms with Crippen LogP contribution in [0.3, 0.4) is 0 Å². The quantitative estimate of drug-likeness (QED) is 0.713. The number of benzene rings is 2. The van der Waals surface area contributed by atoms with Crippen LogP contribution in [0.2, 0.25) is 0 Å². The van der Waals surface area contributed by atoms with Crippen molar-refractivity contribution in [3.63, 3.8) is 0 Å². The topological polar surface area (TPSA) is 79.4 Å². The molecular weight excluding hydrogens is 374 g/mol. The predicted octanol–water partition coefficient (Wildman–Crippen LogP) is 3.78. The van der Waals surface area contributed by atoms with Crippen LogP contribution < -0.4 is 9.62 Å². The molecule has 0 aliphatic carbocycles. The third-order valence-electron chi connectivity index (χ3n) is 4.46. The van der Waals surface area contributed by atoms with Crippen LogP contribution in [0.1, 0.15) is 21.5 Å². The molecule has 3 aromatic rings. The van der Waals surface area contributed by atoms with E-state index in [1.165, 1.54) is 11.4 Å². The monoisotopic (exact) mass is 395 g/mol. The molecule has 2 aromatic carbocycles. The number of aryl methyl sites for hydroxylation is 2. The van der Waals surface area contributed by atoms with Crippen molar-refractivity contribution in [1.29, 1.82) is 0 Å². The molecule has 7 heteroatoms. The molecule has 0 saturated carbocycles. The lowest BCUT2D eigenvalue weighted by Gasteiger charge is -2.20. The number of rotatable bonds is 5. The Morgan fingerprint density at radius 1 is 0.964 bits per heavy atom. The summed E-state index contributed by atoms with van der Waals surface area (Å²) in [4.78, 5) is 16.6. The lowest BCUT2D eigenvalue weighted by Crippen LogP contribution is -2.26. The highest BCUT2D eigenvalue weighted by atomic mass is 32.2. The number of carbonyl (C=O) groups is 1. The summed E-state index contributed by atoms with van der Waals surface area (Å²) < 4.78 is 26.8. The third kappa shape index (κ3) is 4.04. The molecule has 0 bridgehead atoms. The van der Waals surface area contributed by atoms with Gasteiger partial charge in [-0.2, -0.15) is 0 Å². The molecule has 6 nitrogen and oxygen atoms in total. The first-order valence-corrected chi connectivity index (χ1v) is 10.1. The van der Waals surface area contributed by atoms with Gasteiger partial charge in [0.2, 0.25) is 0 Å². The standard InChI is InChI=1S/C21H21N3O3S/c1-15-4-10-19(11-5-15)28(26,27)24(3)18-8-6-17(7-9-18)21(25)23-20-14-22-13-12-16(20)2/h4-14H,1-3H3,(H,23,25). The minimum absolute atomic E-state index is 0.217. The highest BCUT2D eigenvalue weighted by Crippen LogP contribution is 2.23. The number of hydrogen-bond acceptors (Lipinski definition) is 4. The first-order chi connectivity index (χ1) is 13.3. The molecule has 0 radical (unpaired) electrons. The first-order valence-electron chi connectivity index (χ1n) is 8.66. The Morgan fingerprint density at radius 3 is 2.21 bits per heavy atom. The minimum atomic E-state index is -3.67. The summed E-state index contributed by atoms with van der Waals surface area (Å²) in [7, 11) is -2.18. The van der Waals surface area contributed by atoms with E-state index in [4.69, 9.17) is 0 Å². The summed E-state index contributed by atoms with van der Waals surface area (Å²) in [6.45, 7) is 3.78. The maximum Gasteiger partial charge on any atom is 0.264 e. The highest BCUT2D eigenvalue weighted by molar-refractivity contribution is 7.92. The van der Waals surface area contributed by atoms with E-state index in [-0.39, 0.29) is 10.8 Å². The van der Waals surface area contributed by atoms with Crippen LogP contribution in [0.5, 0.6) is 0 Å². The summed E-state index contributed by atoms with van der Waals surface area (Å²) in [6, 6.07) is 14.9. The molecule has 0 fully saturated rings. The molecule has 1 N–H and O–H groups in total. The fourth-order valence-corrected chi connectivity index (χ4v) is 3.81. The van der Waals surface area contributed by atoms with Crippen molar-refractivity contribution in [1.82, 2.24) is 4.98 Å². The number of carbonyl (C=O) groups excluding carboxylic acids is 1. The van der Waals surface area contributed by atoms with Gasteiger partial charge in [0.25, 0.3) is 15.9 Å². The maximum atomic E-state index is 12.8. The van der Waals surface area contributed by atoms with E-state index >= 15 is 0 Å². The number of amides is 1. The van der Waals surface area contributed by atoms with Crippen LogP contribution >= 0.6 is 0 Å². The van der Waals surface area contributed by atoms with Gasteiger partial charge in [-0.3, -0.25) is 14.1 Å². The molecule has 0 unspecified atom stereocenters. The molecule has 1 heterocycles. The number of nitrogens with one attached hydrogen (secondary N) is 1. The van der Waals surface area contributed by atoms with E-state index < -0.39 is 10.0 Å². The molecule has 0 spiro atoms. The zero-order valence-corrected chi connectivity index (χ0v) is 16.7. The van der Waals surface area contributed by atoms with Gasteiger partial charge in [-0.25, -0.2) is 8.42 Å². The van der Waals surface area contributed by atoms with E-state index in [0.717, 1.165) is 11.1 Å². The highest BCUT2D eigenvalue weighted by Gasteiger charge is 2.21. The van der Waals surface area contributed by atoms with Crippen molar-refractivity contribution >= 4 is 27.3 Å². The molecule has 0 atom stereocenters. The second-order valence-corrected chi connectivity index (χ2v) is 8.45. The van der Waals surface area contributed by atoms with Crippen LogP contribution in [-0.2, 0) is 10.0 Å². The molecule has 1 amide bonds. The molecule has 0 aliphatic heterocycles. The average Bonchev–Trinajstić information content (AvgIpc) is 2.69. The summed E-state index contributed by atoms with van der Waals surface area (Å²) in [5.74, 6) is -0.285. The predicted molar refractivity (Wildman–Crippen MR) is 110 cm³/mol. The fourth-order valence-electron chi connectivity index (χ4n) is 2.62.